The zero-order chi connectivity index (χ0) is 20.2. The molecule has 0 bridgehead atoms. The van der Waals surface area contributed by atoms with Crippen LogP contribution in [0.3, 0.4) is 0 Å². The van der Waals surface area contributed by atoms with Crippen LogP contribution in [0, 0.1) is 5.82 Å². The number of hydrogen-bond acceptors (Lipinski definition) is 4. The van der Waals surface area contributed by atoms with Crippen LogP contribution in [0.4, 0.5) is 20.7 Å². The number of amides is 2. The normalized spacial score (nSPS) is 14.0. The van der Waals surface area contributed by atoms with Crippen LogP contribution in [0.5, 0.6) is 0 Å². The van der Waals surface area contributed by atoms with E-state index in [1.54, 1.807) is 17.0 Å². The van der Waals surface area contributed by atoms with Crippen LogP contribution in [0.1, 0.15) is 0 Å². The van der Waals surface area contributed by atoms with Crippen molar-refractivity contribution >= 4 is 29.1 Å². The Morgan fingerprint density at radius 1 is 0.897 bits per heavy atom. The lowest BCUT2D eigenvalue weighted by Gasteiger charge is -2.35. The van der Waals surface area contributed by atoms with Gasteiger partial charge in [0.1, 0.15) is 5.82 Å². The summed E-state index contributed by atoms with van der Waals surface area (Å²) in [6, 6.07) is 16.9. The van der Waals surface area contributed by atoms with E-state index in [-0.39, 0.29) is 11.8 Å². The highest BCUT2D eigenvalue weighted by Crippen LogP contribution is 2.21. The molecule has 0 spiro atoms. The van der Waals surface area contributed by atoms with E-state index < -0.39 is 0 Å². The third kappa shape index (κ3) is 4.63. The smallest absolute Gasteiger partial charge is 0.321 e. The van der Waals surface area contributed by atoms with Gasteiger partial charge >= 0.3 is 6.03 Å². The molecule has 8 heteroatoms. The van der Waals surface area contributed by atoms with Crippen LogP contribution in [0.25, 0.3) is 11.3 Å². The molecule has 148 valence electrons. The van der Waals surface area contributed by atoms with Crippen molar-refractivity contribution in [1.82, 2.24) is 15.1 Å². The molecule has 0 aliphatic carbocycles. The molecule has 0 atom stereocenters. The van der Waals surface area contributed by atoms with E-state index in [2.05, 4.69) is 20.4 Å². The summed E-state index contributed by atoms with van der Waals surface area (Å²) in [5.41, 5.74) is 2.31. The third-order valence-electron chi connectivity index (χ3n) is 4.78. The standard InChI is InChI=1S/C21H19ClFN5O/c22-16-3-1-15(2-4-16)19-9-10-20(26-25-19)27-11-13-28(14-12-27)21(29)24-18-7-5-17(23)6-8-18/h1-10H,11-14H2,(H,24,29). The van der Waals surface area contributed by atoms with E-state index in [0.29, 0.717) is 36.9 Å². The number of hydrogen-bond donors (Lipinski definition) is 1. The van der Waals surface area contributed by atoms with Crippen LogP contribution in [-0.4, -0.2) is 47.3 Å². The second-order valence-corrected chi connectivity index (χ2v) is 7.13. The van der Waals surface area contributed by atoms with Crippen molar-refractivity contribution in [3.05, 3.63) is 71.5 Å². The monoisotopic (exact) mass is 411 g/mol. The largest absolute Gasteiger partial charge is 0.352 e. The second kappa shape index (κ2) is 8.45. The molecule has 0 unspecified atom stereocenters. The first kappa shape index (κ1) is 19.1. The van der Waals surface area contributed by atoms with Crippen LogP contribution >= 0.6 is 11.6 Å². The fraction of sp³-hybridized carbons (Fsp3) is 0.190. The van der Waals surface area contributed by atoms with Crippen molar-refractivity contribution in [2.24, 2.45) is 0 Å². The summed E-state index contributed by atoms with van der Waals surface area (Å²) < 4.78 is 13.0. The molecule has 1 aliphatic heterocycles. The average Bonchev–Trinajstić information content (AvgIpc) is 2.76. The Hall–Kier alpha value is -3.19. The van der Waals surface area contributed by atoms with Gasteiger partial charge in [-0.2, -0.15) is 0 Å². The molecule has 1 N–H and O–H groups in total. The minimum atomic E-state index is -0.334. The molecule has 1 fully saturated rings. The fourth-order valence-corrected chi connectivity index (χ4v) is 3.27. The predicted octanol–water partition coefficient (Wildman–Crippen LogP) is 4.29. The highest BCUT2D eigenvalue weighted by molar-refractivity contribution is 6.30. The van der Waals surface area contributed by atoms with Crippen LogP contribution in [-0.2, 0) is 0 Å². The van der Waals surface area contributed by atoms with Gasteiger partial charge in [0.15, 0.2) is 5.82 Å². The van der Waals surface area contributed by atoms with Gasteiger partial charge in [-0.15, -0.1) is 10.2 Å². The first-order chi connectivity index (χ1) is 14.1. The van der Waals surface area contributed by atoms with Crippen molar-refractivity contribution in [3.8, 4) is 11.3 Å². The molecule has 29 heavy (non-hydrogen) atoms. The lowest BCUT2D eigenvalue weighted by atomic mass is 10.1. The Morgan fingerprint density at radius 3 is 2.21 bits per heavy atom. The van der Waals surface area contributed by atoms with E-state index in [1.807, 2.05) is 36.4 Å². The van der Waals surface area contributed by atoms with Gasteiger partial charge in [0.25, 0.3) is 0 Å². The van der Waals surface area contributed by atoms with Crippen molar-refractivity contribution in [2.45, 2.75) is 0 Å². The summed E-state index contributed by atoms with van der Waals surface area (Å²) in [4.78, 5) is 16.2. The number of carbonyl (C=O) groups excluding carboxylic acids is 1. The van der Waals surface area contributed by atoms with Gasteiger partial charge in [0.2, 0.25) is 0 Å². The molecule has 6 nitrogen and oxygen atoms in total. The van der Waals surface area contributed by atoms with Crippen molar-refractivity contribution < 1.29 is 9.18 Å². The molecule has 1 saturated heterocycles. The number of benzene rings is 2. The summed E-state index contributed by atoms with van der Waals surface area (Å²) in [7, 11) is 0. The third-order valence-corrected chi connectivity index (χ3v) is 5.03. The molecule has 4 rings (SSSR count). The van der Waals surface area contributed by atoms with Gasteiger partial charge in [-0.1, -0.05) is 23.7 Å². The predicted molar refractivity (Wildman–Crippen MR) is 112 cm³/mol. The molecule has 0 saturated carbocycles. The molecule has 2 heterocycles. The zero-order valence-corrected chi connectivity index (χ0v) is 16.3. The molecule has 0 radical (unpaired) electrons. The highest BCUT2D eigenvalue weighted by Gasteiger charge is 2.22. The maximum Gasteiger partial charge on any atom is 0.321 e. The molecule has 2 aromatic carbocycles. The van der Waals surface area contributed by atoms with Crippen LogP contribution < -0.4 is 10.2 Å². The average molecular weight is 412 g/mol. The Balaban J connectivity index is 1.33. The number of anilines is 2. The van der Waals surface area contributed by atoms with Crippen LogP contribution in [0.15, 0.2) is 60.7 Å². The summed E-state index contributed by atoms with van der Waals surface area (Å²) in [6.45, 7) is 2.44. The van der Waals surface area contributed by atoms with Gasteiger partial charge in [0.05, 0.1) is 5.69 Å². The van der Waals surface area contributed by atoms with Crippen molar-refractivity contribution in [3.63, 3.8) is 0 Å². The van der Waals surface area contributed by atoms with E-state index in [9.17, 15) is 9.18 Å². The number of rotatable bonds is 3. The van der Waals surface area contributed by atoms with E-state index in [0.717, 1.165) is 17.1 Å². The van der Waals surface area contributed by atoms with Gasteiger partial charge in [-0.25, -0.2) is 9.18 Å². The quantitative estimate of drug-likeness (QED) is 0.698. The lowest BCUT2D eigenvalue weighted by Crippen LogP contribution is -2.50. The van der Waals surface area contributed by atoms with Gasteiger partial charge in [-0.05, 0) is 48.5 Å². The molecule has 3 aromatic rings. The molecular formula is C21H19ClFN5O. The second-order valence-electron chi connectivity index (χ2n) is 6.69. The minimum absolute atomic E-state index is 0.194. The molecule has 2 amide bonds. The number of nitrogens with one attached hydrogen (secondary N) is 1. The lowest BCUT2D eigenvalue weighted by molar-refractivity contribution is 0.208. The van der Waals surface area contributed by atoms with E-state index in [1.165, 1.54) is 12.1 Å². The first-order valence-electron chi connectivity index (χ1n) is 9.24. The number of nitrogens with zero attached hydrogens (tertiary/aromatic N) is 4. The SMILES string of the molecule is O=C(Nc1ccc(F)cc1)N1CCN(c2ccc(-c3ccc(Cl)cc3)nn2)CC1. The Labute approximate surface area is 172 Å². The highest BCUT2D eigenvalue weighted by atomic mass is 35.5. The number of aromatic nitrogens is 2. The Morgan fingerprint density at radius 2 is 1.59 bits per heavy atom. The number of piperazine rings is 1. The Kier molecular flexibility index (Phi) is 5.57. The summed E-state index contributed by atoms with van der Waals surface area (Å²) in [5.74, 6) is 0.445. The number of halogens is 2. The fourth-order valence-electron chi connectivity index (χ4n) is 3.14. The van der Waals surface area contributed by atoms with Crippen molar-refractivity contribution in [2.75, 3.05) is 36.4 Å². The first-order valence-corrected chi connectivity index (χ1v) is 9.62. The molecule has 1 aliphatic rings. The zero-order valence-electron chi connectivity index (χ0n) is 15.6. The van der Waals surface area contributed by atoms with E-state index in [4.69, 9.17) is 11.6 Å². The number of carbonyl (C=O) groups is 1. The maximum atomic E-state index is 13.0. The van der Waals surface area contributed by atoms with Crippen molar-refractivity contribution in [1.29, 1.82) is 0 Å². The van der Waals surface area contributed by atoms with Gasteiger partial charge in [0, 0.05) is 42.5 Å². The van der Waals surface area contributed by atoms with Gasteiger partial charge < -0.3 is 15.1 Å². The minimum Gasteiger partial charge on any atom is -0.352 e. The Bertz CT molecular complexity index is 971. The molecular weight excluding hydrogens is 393 g/mol. The number of urea groups is 1. The van der Waals surface area contributed by atoms with E-state index >= 15 is 0 Å². The summed E-state index contributed by atoms with van der Waals surface area (Å²) >= 11 is 5.92. The van der Waals surface area contributed by atoms with Gasteiger partial charge in [-0.3, -0.25) is 0 Å². The summed E-state index contributed by atoms with van der Waals surface area (Å²) in [6.07, 6.45) is 0. The topological polar surface area (TPSA) is 61.4 Å². The molecule has 1 aromatic heterocycles. The van der Waals surface area contributed by atoms with Crippen LogP contribution in [0.2, 0.25) is 5.02 Å². The maximum absolute atomic E-state index is 13.0. The summed E-state index contributed by atoms with van der Waals surface area (Å²) in [5, 5.41) is 12.1.